The number of hydrogen-bond donors (Lipinski definition) is 0. The number of nitrogens with zero attached hydrogens (tertiary/aromatic N) is 4. The maximum atomic E-state index is 12.2. The molecule has 1 aliphatic heterocycles. The molecule has 1 fully saturated rings. The Morgan fingerprint density at radius 2 is 1.06 bits per heavy atom. The normalized spacial score (nSPS) is 14.9. The Morgan fingerprint density at radius 1 is 0.694 bits per heavy atom. The smallest absolute Gasteiger partial charge is 0.346 e. The van der Waals surface area contributed by atoms with Gasteiger partial charge in [-0.15, -0.1) is 0 Å². The van der Waals surface area contributed by atoms with E-state index < -0.39 is 36.1 Å². The molecule has 0 aromatic carbocycles. The second-order valence-corrected chi connectivity index (χ2v) is 7.93. The molecule has 3 heterocycles. The third kappa shape index (κ3) is 6.46. The lowest BCUT2D eigenvalue weighted by Gasteiger charge is -2.36. The molecule has 1 aliphatic rings. The first-order chi connectivity index (χ1) is 17.2. The number of methoxy groups -OCH3 is 2. The second-order valence-electron chi connectivity index (χ2n) is 7.93. The standard InChI is InChI=1S/C24H28N4O8/c1-15(21(29)33-3)35-23(31)17-5-7-19(25-13-17)27-9-11-28(12-10-27)20-8-6-18(14-26-20)24(32)36-16(2)22(30)34-4/h5-8,13-16H,9-12H2,1-4H3/t15-,16-/m0/s1. The monoisotopic (exact) mass is 500 g/mol. The second kappa shape index (κ2) is 12.0. The van der Waals surface area contributed by atoms with Gasteiger partial charge in [-0.1, -0.05) is 0 Å². The van der Waals surface area contributed by atoms with Gasteiger partial charge in [0, 0.05) is 38.6 Å². The number of pyridine rings is 2. The van der Waals surface area contributed by atoms with E-state index in [2.05, 4.69) is 29.2 Å². The Hall–Kier alpha value is -4.22. The van der Waals surface area contributed by atoms with E-state index in [9.17, 15) is 19.2 Å². The van der Waals surface area contributed by atoms with Crippen molar-refractivity contribution in [1.29, 1.82) is 0 Å². The highest BCUT2D eigenvalue weighted by Crippen LogP contribution is 2.19. The summed E-state index contributed by atoms with van der Waals surface area (Å²) in [5, 5.41) is 0. The molecule has 12 heteroatoms. The molecule has 3 rings (SSSR count). The average molecular weight is 501 g/mol. The van der Waals surface area contributed by atoms with E-state index in [1.165, 1.54) is 40.5 Å². The van der Waals surface area contributed by atoms with Crippen molar-refractivity contribution >= 4 is 35.5 Å². The maximum absolute atomic E-state index is 12.2. The number of carbonyl (C=O) groups excluding carboxylic acids is 4. The van der Waals surface area contributed by atoms with Crippen molar-refractivity contribution in [2.75, 3.05) is 50.2 Å². The van der Waals surface area contributed by atoms with E-state index in [0.717, 1.165) is 0 Å². The van der Waals surface area contributed by atoms with Crippen molar-refractivity contribution in [3.8, 4) is 0 Å². The molecule has 0 saturated carbocycles. The van der Waals surface area contributed by atoms with Crippen molar-refractivity contribution in [3.05, 3.63) is 47.8 Å². The fourth-order valence-corrected chi connectivity index (χ4v) is 3.44. The van der Waals surface area contributed by atoms with Crippen LogP contribution in [0.25, 0.3) is 0 Å². The first kappa shape index (κ1) is 26.4. The van der Waals surface area contributed by atoms with Gasteiger partial charge in [-0.3, -0.25) is 0 Å². The van der Waals surface area contributed by atoms with Crippen LogP contribution in [-0.4, -0.2) is 86.5 Å². The molecule has 2 atom stereocenters. The summed E-state index contributed by atoms with van der Waals surface area (Å²) in [7, 11) is 2.44. The van der Waals surface area contributed by atoms with Crippen LogP contribution in [0.2, 0.25) is 0 Å². The highest BCUT2D eigenvalue weighted by molar-refractivity contribution is 5.92. The number of hydrogen-bond acceptors (Lipinski definition) is 12. The minimum atomic E-state index is -1.01. The first-order valence-electron chi connectivity index (χ1n) is 11.2. The minimum absolute atomic E-state index is 0.233. The van der Waals surface area contributed by atoms with E-state index in [-0.39, 0.29) is 11.1 Å². The average Bonchev–Trinajstić information content (AvgIpc) is 2.92. The van der Waals surface area contributed by atoms with Crippen molar-refractivity contribution < 1.29 is 38.1 Å². The molecule has 192 valence electrons. The van der Waals surface area contributed by atoms with Gasteiger partial charge in [0.25, 0.3) is 0 Å². The zero-order chi connectivity index (χ0) is 26.2. The van der Waals surface area contributed by atoms with Crippen molar-refractivity contribution in [1.82, 2.24) is 9.97 Å². The van der Waals surface area contributed by atoms with Gasteiger partial charge in [-0.25, -0.2) is 29.1 Å². The molecule has 2 aromatic rings. The molecule has 36 heavy (non-hydrogen) atoms. The summed E-state index contributed by atoms with van der Waals surface area (Å²) in [6, 6.07) is 6.65. The molecule has 2 aromatic heterocycles. The van der Waals surface area contributed by atoms with Gasteiger partial charge in [-0.05, 0) is 38.1 Å². The van der Waals surface area contributed by atoms with Crippen LogP contribution in [0.5, 0.6) is 0 Å². The molecule has 0 amide bonds. The van der Waals surface area contributed by atoms with Gasteiger partial charge in [0.2, 0.25) is 0 Å². The van der Waals surface area contributed by atoms with E-state index in [1.807, 2.05) is 0 Å². The van der Waals surface area contributed by atoms with Gasteiger partial charge in [0.05, 0.1) is 25.3 Å². The summed E-state index contributed by atoms with van der Waals surface area (Å²) in [5.41, 5.74) is 0.467. The third-order valence-electron chi connectivity index (χ3n) is 5.53. The topological polar surface area (TPSA) is 137 Å². The number of esters is 4. The number of anilines is 2. The molecular weight excluding hydrogens is 472 g/mol. The zero-order valence-corrected chi connectivity index (χ0v) is 20.5. The molecule has 12 nitrogen and oxygen atoms in total. The number of aromatic nitrogens is 2. The summed E-state index contributed by atoms with van der Waals surface area (Å²) in [6.45, 7) is 5.53. The lowest BCUT2D eigenvalue weighted by Crippen LogP contribution is -2.47. The van der Waals surface area contributed by atoms with Crippen LogP contribution in [0.3, 0.4) is 0 Å². The quantitative estimate of drug-likeness (QED) is 0.381. The number of carbonyl (C=O) groups is 4. The molecular formula is C24H28N4O8. The Bertz CT molecular complexity index is 995. The van der Waals surface area contributed by atoms with Crippen LogP contribution in [0.1, 0.15) is 34.6 Å². The third-order valence-corrected chi connectivity index (χ3v) is 5.53. The number of ether oxygens (including phenoxy) is 4. The van der Waals surface area contributed by atoms with Gasteiger partial charge < -0.3 is 28.7 Å². The Morgan fingerprint density at radius 3 is 1.33 bits per heavy atom. The SMILES string of the molecule is COC(=O)[C@H](C)OC(=O)c1ccc(N2CCN(c3ccc(C(=O)O[C@@H](C)C(=O)OC)cn3)CC2)nc1. The van der Waals surface area contributed by atoms with Crippen LogP contribution in [-0.2, 0) is 28.5 Å². The summed E-state index contributed by atoms with van der Waals surface area (Å²) in [6.07, 6.45) is 0.808. The van der Waals surface area contributed by atoms with E-state index in [4.69, 9.17) is 9.47 Å². The Labute approximate surface area is 208 Å². The minimum Gasteiger partial charge on any atom is -0.466 e. The summed E-state index contributed by atoms with van der Waals surface area (Å²) in [4.78, 5) is 60.1. The molecule has 0 unspecified atom stereocenters. The summed E-state index contributed by atoms with van der Waals surface area (Å²) in [5.74, 6) is -1.17. The van der Waals surface area contributed by atoms with Crippen LogP contribution in [0, 0.1) is 0 Å². The van der Waals surface area contributed by atoms with Crippen LogP contribution >= 0.6 is 0 Å². The molecule has 1 saturated heterocycles. The number of piperazine rings is 1. The fraction of sp³-hybridized carbons (Fsp3) is 0.417. The lowest BCUT2D eigenvalue weighted by molar-refractivity contribution is -0.150. The largest absolute Gasteiger partial charge is 0.466 e. The maximum Gasteiger partial charge on any atom is 0.346 e. The van der Waals surface area contributed by atoms with Crippen molar-refractivity contribution in [3.63, 3.8) is 0 Å². The zero-order valence-electron chi connectivity index (χ0n) is 20.5. The lowest BCUT2D eigenvalue weighted by atomic mass is 10.2. The molecule has 0 N–H and O–H groups in total. The number of rotatable bonds is 8. The van der Waals surface area contributed by atoms with E-state index in [1.54, 1.807) is 24.3 Å². The predicted molar refractivity (Wildman–Crippen MR) is 127 cm³/mol. The predicted octanol–water partition coefficient (Wildman–Crippen LogP) is 1.24. The van der Waals surface area contributed by atoms with Gasteiger partial charge in [-0.2, -0.15) is 0 Å². The van der Waals surface area contributed by atoms with E-state index in [0.29, 0.717) is 37.8 Å². The van der Waals surface area contributed by atoms with Crippen molar-refractivity contribution in [2.24, 2.45) is 0 Å². The molecule has 0 bridgehead atoms. The summed E-state index contributed by atoms with van der Waals surface area (Å²) >= 11 is 0. The Kier molecular flexibility index (Phi) is 8.76. The molecule has 0 radical (unpaired) electrons. The van der Waals surface area contributed by atoms with Crippen LogP contribution in [0.4, 0.5) is 11.6 Å². The highest BCUT2D eigenvalue weighted by atomic mass is 16.6. The highest BCUT2D eigenvalue weighted by Gasteiger charge is 2.23. The molecule has 0 spiro atoms. The van der Waals surface area contributed by atoms with Crippen LogP contribution < -0.4 is 9.80 Å². The van der Waals surface area contributed by atoms with Crippen LogP contribution in [0.15, 0.2) is 36.7 Å². The van der Waals surface area contributed by atoms with E-state index >= 15 is 0 Å². The van der Waals surface area contributed by atoms with Gasteiger partial charge in [0.1, 0.15) is 11.6 Å². The Balaban J connectivity index is 1.52. The van der Waals surface area contributed by atoms with Gasteiger partial charge >= 0.3 is 23.9 Å². The van der Waals surface area contributed by atoms with Crippen molar-refractivity contribution in [2.45, 2.75) is 26.1 Å². The summed E-state index contributed by atoms with van der Waals surface area (Å²) < 4.78 is 19.2. The fourth-order valence-electron chi connectivity index (χ4n) is 3.44. The molecule has 0 aliphatic carbocycles. The first-order valence-corrected chi connectivity index (χ1v) is 11.2. The van der Waals surface area contributed by atoms with Gasteiger partial charge in [0.15, 0.2) is 12.2 Å².